The molecule has 1 heterocycles. The lowest BCUT2D eigenvalue weighted by Gasteiger charge is -2.29. The van der Waals surface area contributed by atoms with Crippen LogP contribution in [0.25, 0.3) is 0 Å². The maximum Gasteiger partial charge on any atom is 0.331 e. The van der Waals surface area contributed by atoms with Gasteiger partial charge in [-0.2, -0.15) is 0 Å². The van der Waals surface area contributed by atoms with Gasteiger partial charge in [0.2, 0.25) is 5.91 Å². The van der Waals surface area contributed by atoms with Gasteiger partial charge in [0.15, 0.2) is 5.75 Å². The van der Waals surface area contributed by atoms with Gasteiger partial charge in [-0.1, -0.05) is 22.0 Å². The summed E-state index contributed by atoms with van der Waals surface area (Å²) in [5.41, 5.74) is 3.53. The molecule has 0 aromatic heterocycles. The summed E-state index contributed by atoms with van der Waals surface area (Å²) in [5, 5.41) is 2.89. The highest BCUT2D eigenvalue weighted by molar-refractivity contribution is 9.10. The molecule has 0 unspecified atom stereocenters. The van der Waals surface area contributed by atoms with E-state index in [9.17, 15) is 9.59 Å². The van der Waals surface area contributed by atoms with E-state index in [1.807, 2.05) is 44.2 Å². The monoisotopic (exact) mass is 388 g/mol. The van der Waals surface area contributed by atoms with E-state index in [1.54, 1.807) is 11.0 Å². The second kappa shape index (κ2) is 6.65. The zero-order valence-electron chi connectivity index (χ0n) is 13.4. The fourth-order valence-electron chi connectivity index (χ4n) is 2.63. The van der Waals surface area contributed by atoms with Crippen molar-refractivity contribution >= 4 is 39.2 Å². The Balaban J connectivity index is 1.77. The van der Waals surface area contributed by atoms with Crippen molar-refractivity contribution in [1.29, 1.82) is 0 Å². The van der Waals surface area contributed by atoms with Gasteiger partial charge in [-0.15, -0.1) is 0 Å². The number of aryl methyl sites for hydroxylation is 2. The summed E-state index contributed by atoms with van der Waals surface area (Å²) in [4.78, 5) is 25.9. The Bertz CT molecular complexity index is 820. The number of nitrogens with one attached hydrogen (secondary N) is 1. The molecule has 5 nitrogen and oxygen atoms in total. The van der Waals surface area contributed by atoms with Crippen LogP contribution in [-0.2, 0) is 9.59 Å². The first kappa shape index (κ1) is 16.5. The van der Waals surface area contributed by atoms with Crippen LogP contribution < -0.4 is 15.0 Å². The van der Waals surface area contributed by atoms with E-state index in [4.69, 9.17) is 4.74 Å². The number of benzene rings is 2. The number of hydrogen-bond acceptors (Lipinski definition) is 4. The molecule has 0 atom stereocenters. The number of nitrogens with zero attached hydrogens (tertiary/aromatic N) is 1. The Kier molecular flexibility index (Phi) is 4.57. The number of anilines is 2. The summed E-state index contributed by atoms with van der Waals surface area (Å²) in [7, 11) is 0. The summed E-state index contributed by atoms with van der Waals surface area (Å²) in [6.07, 6.45) is 0. The topological polar surface area (TPSA) is 58.6 Å². The van der Waals surface area contributed by atoms with E-state index in [0.717, 1.165) is 27.0 Å². The van der Waals surface area contributed by atoms with Gasteiger partial charge in [0.25, 0.3) is 0 Å². The Hall–Kier alpha value is -2.34. The molecule has 0 fully saturated rings. The third-order valence-corrected chi connectivity index (χ3v) is 4.29. The molecule has 6 heteroatoms. The second-order valence-corrected chi connectivity index (χ2v) is 6.72. The Labute approximate surface area is 148 Å². The Morgan fingerprint density at radius 2 is 2.04 bits per heavy atom. The van der Waals surface area contributed by atoms with E-state index >= 15 is 0 Å². The summed E-state index contributed by atoms with van der Waals surface area (Å²) in [5.74, 6) is -0.0500. The van der Waals surface area contributed by atoms with Gasteiger partial charge in [0, 0.05) is 10.2 Å². The number of esters is 1. The highest BCUT2D eigenvalue weighted by Crippen LogP contribution is 2.32. The normalized spacial score (nSPS) is 13.3. The lowest BCUT2D eigenvalue weighted by atomic mass is 10.1. The van der Waals surface area contributed by atoms with Crippen LogP contribution in [0, 0.1) is 13.8 Å². The summed E-state index contributed by atoms with van der Waals surface area (Å²) in [6, 6.07) is 11.2. The molecule has 1 aliphatic rings. The molecule has 2 aromatic carbocycles. The number of carbonyl (C=O) groups excluding carboxylic acids is 2. The maximum absolute atomic E-state index is 12.4. The lowest BCUT2D eigenvalue weighted by molar-refractivity contribution is -0.133. The van der Waals surface area contributed by atoms with E-state index in [0.29, 0.717) is 5.75 Å². The minimum atomic E-state index is -0.362. The third kappa shape index (κ3) is 3.59. The molecule has 2 aromatic rings. The lowest BCUT2D eigenvalue weighted by Crippen LogP contribution is -2.41. The van der Waals surface area contributed by atoms with Gasteiger partial charge in [0.05, 0.1) is 12.2 Å². The molecule has 0 aliphatic carbocycles. The maximum atomic E-state index is 12.4. The van der Waals surface area contributed by atoms with E-state index < -0.39 is 0 Å². The molecule has 24 heavy (non-hydrogen) atoms. The third-order valence-electron chi connectivity index (χ3n) is 3.80. The highest BCUT2D eigenvalue weighted by atomic mass is 79.9. The van der Waals surface area contributed by atoms with Gasteiger partial charge >= 0.3 is 5.97 Å². The van der Waals surface area contributed by atoms with Crippen LogP contribution in [0.1, 0.15) is 11.1 Å². The van der Waals surface area contributed by atoms with Gasteiger partial charge in [-0.25, -0.2) is 4.79 Å². The van der Waals surface area contributed by atoms with Crippen molar-refractivity contribution in [3.63, 3.8) is 0 Å². The van der Waals surface area contributed by atoms with Gasteiger partial charge in [-0.3, -0.25) is 4.79 Å². The zero-order valence-corrected chi connectivity index (χ0v) is 15.0. The number of hydrogen-bond donors (Lipinski definition) is 1. The van der Waals surface area contributed by atoms with E-state index in [1.165, 1.54) is 0 Å². The fourth-order valence-corrected chi connectivity index (χ4v) is 3.10. The van der Waals surface area contributed by atoms with Crippen molar-refractivity contribution in [3.8, 4) is 5.75 Å². The van der Waals surface area contributed by atoms with Crippen LogP contribution in [0.2, 0.25) is 0 Å². The first-order chi connectivity index (χ1) is 11.4. The van der Waals surface area contributed by atoms with Crippen LogP contribution in [0.4, 0.5) is 11.4 Å². The van der Waals surface area contributed by atoms with Crippen LogP contribution >= 0.6 is 15.9 Å². The fraction of sp³-hybridized carbons (Fsp3) is 0.222. The summed E-state index contributed by atoms with van der Waals surface area (Å²) < 4.78 is 6.19. The number of rotatable bonds is 3. The molecule has 0 saturated heterocycles. The smallest absolute Gasteiger partial charge is 0.331 e. The molecule has 1 aliphatic heterocycles. The van der Waals surface area contributed by atoms with Crippen LogP contribution in [0.15, 0.2) is 40.9 Å². The number of amides is 1. The molecule has 0 saturated carbocycles. The Morgan fingerprint density at radius 1 is 1.25 bits per heavy atom. The van der Waals surface area contributed by atoms with Crippen molar-refractivity contribution < 1.29 is 14.3 Å². The number of halogens is 1. The zero-order chi connectivity index (χ0) is 17.3. The molecule has 0 spiro atoms. The molecular formula is C18H17BrN2O3. The molecular weight excluding hydrogens is 372 g/mol. The SMILES string of the molecule is Cc1ccc2c(c1)N(CC(=O)Nc1ccc(Br)cc1C)CC(=O)O2. The van der Waals surface area contributed by atoms with E-state index in [-0.39, 0.29) is 25.0 Å². The van der Waals surface area contributed by atoms with Crippen molar-refractivity contribution in [1.82, 2.24) is 0 Å². The number of ether oxygens (including phenoxy) is 1. The Morgan fingerprint density at radius 3 is 2.79 bits per heavy atom. The van der Waals surface area contributed by atoms with Crippen molar-refractivity contribution in [3.05, 3.63) is 52.0 Å². The van der Waals surface area contributed by atoms with Crippen LogP contribution in [0.3, 0.4) is 0 Å². The van der Waals surface area contributed by atoms with Gasteiger partial charge in [0.1, 0.15) is 6.54 Å². The minimum absolute atomic E-state index is 0.0587. The molecule has 1 amide bonds. The first-order valence-corrected chi connectivity index (χ1v) is 8.34. The van der Waals surface area contributed by atoms with Crippen LogP contribution in [-0.4, -0.2) is 25.0 Å². The summed E-state index contributed by atoms with van der Waals surface area (Å²) >= 11 is 3.40. The average molecular weight is 389 g/mol. The minimum Gasteiger partial charge on any atom is -0.423 e. The first-order valence-electron chi connectivity index (χ1n) is 7.54. The highest BCUT2D eigenvalue weighted by Gasteiger charge is 2.25. The largest absolute Gasteiger partial charge is 0.423 e. The molecule has 1 N–H and O–H groups in total. The van der Waals surface area contributed by atoms with E-state index in [2.05, 4.69) is 21.2 Å². The predicted octanol–water partition coefficient (Wildman–Crippen LogP) is 3.43. The second-order valence-electron chi connectivity index (χ2n) is 5.81. The standard InChI is InChI=1S/C18H17BrN2O3/c1-11-3-6-16-15(7-11)21(10-18(23)24-16)9-17(22)20-14-5-4-13(19)8-12(14)2/h3-8H,9-10H2,1-2H3,(H,20,22). The average Bonchev–Trinajstić information content (AvgIpc) is 2.51. The summed E-state index contributed by atoms with van der Waals surface area (Å²) in [6.45, 7) is 4.03. The number of carbonyl (C=O) groups is 2. The van der Waals surface area contributed by atoms with Crippen LogP contribution in [0.5, 0.6) is 5.75 Å². The quantitative estimate of drug-likeness (QED) is 0.646. The molecule has 0 radical (unpaired) electrons. The molecule has 0 bridgehead atoms. The predicted molar refractivity (Wildman–Crippen MR) is 96.5 cm³/mol. The van der Waals surface area contributed by atoms with Gasteiger partial charge < -0.3 is 15.0 Å². The van der Waals surface area contributed by atoms with Crippen molar-refractivity contribution in [2.75, 3.05) is 23.3 Å². The number of fused-ring (bicyclic) bond motifs is 1. The van der Waals surface area contributed by atoms with Gasteiger partial charge in [-0.05, 0) is 55.3 Å². The van der Waals surface area contributed by atoms with Crippen molar-refractivity contribution in [2.45, 2.75) is 13.8 Å². The molecule has 124 valence electrons. The van der Waals surface area contributed by atoms with Crippen molar-refractivity contribution in [2.24, 2.45) is 0 Å². The molecule has 3 rings (SSSR count).